The van der Waals surface area contributed by atoms with E-state index < -0.39 is 44.0 Å². The van der Waals surface area contributed by atoms with Gasteiger partial charge in [-0.1, -0.05) is 0 Å². The molecule has 0 aliphatic rings. The van der Waals surface area contributed by atoms with Crippen LogP contribution in [-0.2, 0) is 10.1 Å². The number of benzene rings is 2. The fourth-order valence-corrected chi connectivity index (χ4v) is 7.65. The maximum atomic E-state index is 13.7. The molecule has 0 saturated carbocycles. The van der Waals surface area contributed by atoms with Gasteiger partial charge in [0.15, 0.2) is 5.75 Å². The number of halogens is 6. The van der Waals surface area contributed by atoms with Gasteiger partial charge in [0.1, 0.15) is 27.9 Å². The summed E-state index contributed by atoms with van der Waals surface area (Å²) in [5.41, 5.74) is -1.13. The van der Waals surface area contributed by atoms with Gasteiger partial charge in [0, 0.05) is 15.7 Å². The Balaban J connectivity index is 2.57. The molecule has 0 amide bonds. The number of hydrogen-bond donors (Lipinski definition) is 1. The molecule has 0 saturated heterocycles. The molecule has 0 atom stereocenters. The number of esters is 1. The Kier molecular flexibility index (Phi) is 6.59. The highest BCUT2D eigenvalue weighted by Gasteiger charge is 2.27. The molecular weight excluding hydrogens is 706 g/mol. The molecule has 0 radical (unpaired) electrons. The highest BCUT2D eigenvalue weighted by atomic mass is 127. The third-order valence-electron chi connectivity index (χ3n) is 2.75. The van der Waals surface area contributed by atoms with Gasteiger partial charge in [-0.05, 0) is 73.8 Å². The zero-order valence-corrected chi connectivity index (χ0v) is 18.8. The zero-order chi connectivity index (χ0) is 19.1. The molecule has 0 fully saturated rings. The van der Waals surface area contributed by atoms with Crippen molar-refractivity contribution < 1.29 is 35.7 Å². The lowest BCUT2D eigenvalue weighted by atomic mass is 10.2. The average Bonchev–Trinajstić information content (AvgIpc) is 2.40. The summed E-state index contributed by atoms with van der Waals surface area (Å²) in [6.45, 7) is 0. The van der Waals surface area contributed by atoms with E-state index in [0.717, 1.165) is 0 Å². The minimum atomic E-state index is -4.63. The third kappa shape index (κ3) is 4.56. The third-order valence-corrected chi connectivity index (χ3v) is 7.10. The van der Waals surface area contributed by atoms with Crippen LogP contribution >= 0.6 is 67.8 Å². The number of ether oxygens (including phenoxy) is 1. The van der Waals surface area contributed by atoms with Crippen molar-refractivity contribution >= 4 is 83.9 Å². The van der Waals surface area contributed by atoms with Crippen LogP contribution in [0, 0.1) is 28.2 Å². The average molecular weight is 710 g/mol. The normalized spacial score (nSPS) is 11.5. The Hall–Kier alpha value is -0.200. The Morgan fingerprint density at radius 1 is 1.00 bits per heavy atom. The number of carbonyl (C=O) groups is 1. The van der Waals surface area contributed by atoms with Gasteiger partial charge in [0.05, 0.1) is 7.14 Å². The second-order valence-electron chi connectivity index (χ2n) is 4.42. The highest BCUT2D eigenvalue weighted by molar-refractivity contribution is 14.1. The zero-order valence-electron chi connectivity index (χ0n) is 11.5. The monoisotopic (exact) mass is 710 g/mol. The molecule has 134 valence electrons. The molecule has 0 heterocycles. The quantitative estimate of drug-likeness (QED) is 0.222. The van der Waals surface area contributed by atoms with Crippen molar-refractivity contribution in [3.63, 3.8) is 0 Å². The van der Waals surface area contributed by atoms with Crippen LogP contribution in [0.5, 0.6) is 5.75 Å². The number of hydrogen-bond acceptors (Lipinski definition) is 4. The van der Waals surface area contributed by atoms with E-state index in [1.54, 1.807) is 45.2 Å². The fourth-order valence-electron chi connectivity index (χ4n) is 1.77. The first kappa shape index (κ1) is 21.1. The first-order valence-electron chi connectivity index (χ1n) is 5.95. The van der Waals surface area contributed by atoms with Crippen LogP contribution in [0.3, 0.4) is 0 Å². The van der Waals surface area contributed by atoms with Crippen molar-refractivity contribution in [2.45, 2.75) is 4.90 Å². The second kappa shape index (κ2) is 7.81. The minimum Gasteiger partial charge on any atom is -0.420 e. The molecule has 1 N–H and O–H groups in total. The molecule has 2 aromatic carbocycles. The summed E-state index contributed by atoms with van der Waals surface area (Å²) >= 11 is 4.90. The maximum absolute atomic E-state index is 13.7. The first-order chi connectivity index (χ1) is 11.4. The number of rotatable bonds is 3. The van der Waals surface area contributed by atoms with Gasteiger partial charge in [-0.3, -0.25) is 4.55 Å². The van der Waals surface area contributed by atoms with E-state index in [1.807, 2.05) is 0 Å². The molecule has 5 nitrogen and oxygen atoms in total. The molecule has 25 heavy (non-hydrogen) atoms. The van der Waals surface area contributed by atoms with Crippen molar-refractivity contribution in [3.05, 3.63) is 51.9 Å². The lowest BCUT2D eigenvalue weighted by molar-refractivity contribution is 0.0721. The van der Waals surface area contributed by atoms with Crippen LogP contribution in [0.15, 0.2) is 23.1 Å². The lowest BCUT2D eigenvalue weighted by Gasteiger charge is -2.13. The Morgan fingerprint density at radius 2 is 1.52 bits per heavy atom. The molecule has 2 aromatic rings. The summed E-state index contributed by atoms with van der Waals surface area (Å²) < 4.78 is 77.7. The van der Waals surface area contributed by atoms with Gasteiger partial charge in [0.25, 0.3) is 10.1 Å². The van der Waals surface area contributed by atoms with Crippen LogP contribution in [0.4, 0.5) is 13.2 Å². The molecule has 2 rings (SSSR count). The minimum absolute atomic E-state index is 0.146. The van der Waals surface area contributed by atoms with Gasteiger partial charge in [-0.25, -0.2) is 18.0 Å². The molecule has 0 aliphatic carbocycles. The van der Waals surface area contributed by atoms with E-state index in [0.29, 0.717) is 12.1 Å². The Morgan fingerprint density at radius 3 is 2.00 bits per heavy atom. The largest absolute Gasteiger partial charge is 0.420 e. The molecule has 0 spiro atoms. The van der Waals surface area contributed by atoms with Crippen molar-refractivity contribution in [1.82, 2.24) is 0 Å². The van der Waals surface area contributed by atoms with Crippen LogP contribution in [-0.4, -0.2) is 18.9 Å². The molecule has 12 heteroatoms. The van der Waals surface area contributed by atoms with Crippen molar-refractivity contribution in [2.24, 2.45) is 0 Å². The van der Waals surface area contributed by atoms with Crippen molar-refractivity contribution in [1.29, 1.82) is 0 Å². The summed E-state index contributed by atoms with van der Waals surface area (Å²) in [5.74, 6) is -5.92. The van der Waals surface area contributed by atoms with E-state index in [1.165, 1.54) is 28.7 Å². The van der Waals surface area contributed by atoms with Gasteiger partial charge >= 0.3 is 5.97 Å². The summed E-state index contributed by atoms with van der Waals surface area (Å²) in [6.07, 6.45) is 0. The fraction of sp³-hybridized carbons (Fsp3) is 0. The summed E-state index contributed by atoms with van der Waals surface area (Å²) in [6, 6.07) is 1.92. The molecule has 0 bridgehead atoms. The SMILES string of the molecule is O=C(Oc1c(I)cc(I)c(S(=O)(=O)O)c1I)c1c(F)cc(F)cc1F. The van der Waals surface area contributed by atoms with Crippen LogP contribution < -0.4 is 4.74 Å². The second-order valence-corrected chi connectivity index (χ2v) is 9.18. The van der Waals surface area contributed by atoms with Crippen molar-refractivity contribution in [3.8, 4) is 5.75 Å². The van der Waals surface area contributed by atoms with Crippen molar-refractivity contribution in [2.75, 3.05) is 0 Å². The molecule has 0 aliphatic heterocycles. The van der Waals surface area contributed by atoms with E-state index in [9.17, 15) is 30.9 Å². The summed E-state index contributed by atoms with van der Waals surface area (Å²) in [4.78, 5) is 11.6. The topological polar surface area (TPSA) is 80.7 Å². The Labute approximate surface area is 180 Å². The van der Waals surface area contributed by atoms with Gasteiger partial charge < -0.3 is 4.74 Å². The maximum Gasteiger partial charge on any atom is 0.349 e. The van der Waals surface area contributed by atoms with E-state index in [4.69, 9.17) is 4.74 Å². The summed E-state index contributed by atoms with van der Waals surface area (Å²) in [7, 11) is -4.63. The molecule has 0 aromatic heterocycles. The standard InChI is InChI=1S/C13H4F3I3O5S/c14-4-1-5(15)9(6(16)2-4)13(20)24-11-7(17)3-8(18)12(10(11)19)25(21,22)23/h1-3H,(H,21,22,23). The highest BCUT2D eigenvalue weighted by Crippen LogP contribution is 2.36. The van der Waals surface area contributed by atoms with E-state index in [-0.39, 0.29) is 16.5 Å². The first-order valence-corrected chi connectivity index (χ1v) is 10.6. The van der Waals surface area contributed by atoms with Crippen LogP contribution in [0.1, 0.15) is 10.4 Å². The summed E-state index contributed by atoms with van der Waals surface area (Å²) in [5, 5.41) is 0. The van der Waals surface area contributed by atoms with Gasteiger partial charge in [0.2, 0.25) is 0 Å². The lowest BCUT2D eigenvalue weighted by Crippen LogP contribution is -2.16. The van der Waals surface area contributed by atoms with Crippen LogP contribution in [0.25, 0.3) is 0 Å². The smallest absolute Gasteiger partial charge is 0.349 e. The van der Waals surface area contributed by atoms with Gasteiger partial charge in [-0.15, -0.1) is 0 Å². The Bertz CT molecular complexity index is 972. The van der Waals surface area contributed by atoms with Crippen LogP contribution in [0.2, 0.25) is 0 Å². The molecule has 0 unspecified atom stereocenters. The van der Waals surface area contributed by atoms with E-state index >= 15 is 0 Å². The van der Waals surface area contributed by atoms with Gasteiger partial charge in [-0.2, -0.15) is 8.42 Å². The molecular formula is C13H4F3I3O5S. The van der Waals surface area contributed by atoms with E-state index in [2.05, 4.69) is 0 Å². The predicted molar refractivity (Wildman–Crippen MR) is 106 cm³/mol. The number of carbonyl (C=O) groups excluding carboxylic acids is 1. The predicted octanol–water partition coefficient (Wildman–Crippen LogP) is 4.38.